The second-order valence-electron chi connectivity index (χ2n) is 7.38. The summed E-state index contributed by atoms with van der Waals surface area (Å²) in [6.07, 6.45) is 18.2. The van der Waals surface area contributed by atoms with Gasteiger partial charge in [0.25, 0.3) is 0 Å². The van der Waals surface area contributed by atoms with Crippen LogP contribution < -0.4 is 0 Å². The van der Waals surface area contributed by atoms with Gasteiger partial charge in [-0.1, -0.05) is 58.3 Å². The van der Waals surface area contributed by atoms with Crippen molar-refractivity contribution in [2.45, 2.75) is 84.0 Å². The van der Waals surface area contributed by atoms with Crippen LogP contribution in [0.1, 0.15) is 84.0 Å². The van der Waals surface area contributed by atoms with E-state index in [1.807, 2.05) is 0 Å². The van der Waals surface area contributed by atoms with Crippen molar-refractivity contribution in [2.75, 3.05) is 32.9 Å². The van der Waals surface area contributed by atoms with Gasteiger partial charge in [0.05, 0.1) is 36.8 Å². The largest absolute Gasteiger partial charge is 0.748 e. The van der Waals surface area contributed by atoms with Crippen LogP contribution in [-0.2, 0) is 10.1 Å². The Morgan fingerprint density at radius 2 is 1.17 bits per heavy atom. The summed E-state index contributed by atoms with van der Waals surface area (Å²) < 4.78 is 28.6. The summed E-state index contributed by atoms with van der Waals surface area (Å²) in [5, 5.41) is 0. The zero-order valence-corrected chi connectivity index (χ0v) is 16.5. The maximum absolute atomic E-state index is 9.08. The molecule has 0 N–H and O–H groups in total. The zero-order chi connectivity index (χ0) is 17.6. The van der Waals surface area contributed by atoms with Crippen LogP contribution in [0.2, 0.25) is 0 Å². The monoisotopic (exact) mass is 349 g/mol. The summed E-state index contributed by atoms with van der Waals surface area (Å²) in [5.41, 5.74) is 0. The highest BCUT2D eigenvalue weighted by Crippen LogP contribution is 2.18. The highest BCUT2D eigenvalue weighted by molar-refractivity contribution is 7.84. The van der Waals surface area contributed by atoms with Crippen LogP contribution in [0.5, 0.6) is 0 Å². The summed E-state index contributed by atoms with van der Waals surface area (Å²) in [6.45, 7) is 6.62. The fraction of sp³-hybridized carbons (Fsp3) is 1.00. The van der Waals surface area contributed by atoms with E-state index in [2.05, 4.69) is 14.0 Å². The van der Waals surface area contributed by atoms with Gasteiger partial charge in [0.15, 0.2) is 0 Å². The second kappa shape index (κ2) is 13.2. The Kier molecular flexibility index (Phi) is 13.1. The summed E-state index contributed by atoms with van der Waals surface area (Å²) in [6, 6.07) is 0. The van der Waals surface area contributed by atoms with E-state index < -0.39 is 10.1 Å². The lowest BCUT2D eigenvalue weighted by molar-refractivity contribution is -0.897. The summed E-state index contributed by atoms with van der Waals surface area (Å²) in [7, 11) is -1.46. The quantitative estimate of drug-likeness (QED) is 0.317. The van der Waals surface area contributed by atoms with Crippen LogP contribution in [0.4, 0.5) is 0 Å². The molecule has 0 aliphatic carbocycles. The summed E-state index contributed by atoms with van der Waals surface area (Å²) >= 11 is 0. The molecule has 0 spiro atoms. The number of unbranched alkanes of at least 4 members (excludes halogenated alkanes) is 9. The van der Waals surface area contributed by atoms with Gasteiger partial charge in [-0.15, -0.1) is 0 Å². The minimum atomic E-state index is -3.92. The van der Waals surface area contributed by atoms with E-state index in [4.69, 9.17) is 13.0 Å². The van der Waals surface area contributed by atoms with E-state index in [0.717, 1.165) is 0 Å². The topological polar surface area (TPSA) is 57.2 Å². The van der Waals surface area contributed by atoms with E-state index in [9.17, 15) is 0 Å². The molecule has 0 bridgehead atoms. The number of nitrogens with zero attached hydrogens (tertiary/aromatic N) is 1. The summed E-state index contributed by atoms with van der Waals surface area (Å²) in [4.78, 5) is 0. The van der Waals surface area contributed by atoms with Gasteiger partial charge >= 0.3 is 0 Å². The minimum absolute atomic E-state index is 0.604. The molecule has 0 aromatic rings. The SMILES string of the molecule is CCCCCCCCCCCC[N+]1(C)CCCC1.CS(=O)(=O)[O-]. The van der Waals surface area contributed by atoms with Crippen molar-refractivity contribution in [3.8, 4) is 0 Å². The van der Waals surface area contributed by atoms with Crippen LogP contribution in [0.15, 0.2) is 0 Å². The van der Waals surface area contributed by atoms with E-state index in [-0.39, 0.29) is 0 Å². The number of likely N-dealkylation sites (tertiary alicyclic amines) is 1. The molecule has 5 heteroatoms. The molecule has 1 rings (SSSR count). The maximum atomic E-state index is 9.08. The first-order valence-corrected chi connectivity index (χ1v) is 11.3. The van der Waals surface area contributed by atoms with Crippen molar-refractivity contribution in [1.29, 1.82) is 0 Å². The van der Waals surface area contributed by atoms with Gasteiger partial charge in [-0.05, 0) is 12.8 Å². The molecule has 0 atom stereocenters. The molecule has 0 aromatic heterocycles. The van der Waals surface area contributed by atoms with E-state index in [1.165, 1.54) is 101 Å². The molecule has 4 nitrogen and oxygen atoms in total. The molecular formula is C18H39NO3S. The molecular weight excluding hydrogens is 310 g/mol. The molecule has 1 fully saturated rings. The molecule has 0 amide bonds. The fourth-order valence-electron chi connectivity index (χ4n) is 3.30. The first-order chi connectivity index (χ1) is 10.8. The maximum Gasteiger partial charge on any atom is 0.0916 e. The predicted molar refractivity (Wildman–Crippen MR) is 97.5 cm³/mol. The van der Waals surface area contributed by atoms with Gasteiger partial charge in [-0.3, -0.25) is 0 Å². The van der Waals surface area contributed by atoms with E-state index in [0.29, 0.717) is 6.26 Å². The Morgan fingerprint density at radius 1 is 0.826 bits per heavy atom. The normalized spacial score (nSPS) is 16.9. The van der Waals surface area contributed by atoms with E-state index >= 15 is 0 Å². The molecule has 0 radical (unpaired) electrons. The Labute approximate surface area is 145 Å². The van der Waals surface area contributed by atoms with Crippen LogP contribution in [0, 0.1) is 0 Å². The molecule has 1 saturated heterocycles. The predicted octanol–water partition coefficient (Wildman–Crippen LogP) is 4.31. The number of hydrogen-bond acceptors (Lipinski definition) is 3. The highest BCUT2D eigenvalue weighted by Gasteiger charge is 2.25. The lowest BCUT2D eigenvalue weighted by atomic mass is 10.1. The van der Waals surface area contributed by atoms with Gasteiger partial charge < -0.3 is 9.04 Å². The molecule has 0 saturated carbocycles. The van der Waals surface area contributed by atoms with Crippen molar-refractivity contribution in [3.63, 3.8) is 0 Å². The molecule has 140 valence electrons. The van der Waals surface area contributed by atoms with Crippen molar-refractivity contribution in [2.24, 2.45) is 0 Å². The number of rotatable bonds is 11. The zero-order valence-electron chi connectivity index (χ0n) is 15.7. The third kappa shape index (κ3) is 18.1. The van der Waals surface area contributed by atoms with Crippen molar-refractivity contribution >= 4 is 10.1 Å². The Bertz CT molecular complexity index is 354. The van der Waals surface area contributed by atoms with Crippen LogP contribution >= 0.6 is 0 Å². The van der Waals surface area contributed by atoms with Gasteiger partial charge in [0, 0.05) is 19.1 Å². The van der Waals surface area contributed by atoms with Crippen molar-refractivity contribution < 1.29 is 17.5 Å². The highest BCUT2D eigenvalue weighted by atomic mass is 32.2. The standard InChI is InChI=1S/C17H36N.CH4O3S/c1-3-4-5-6-7-8-9-10-11-12-15-18(2)16-13-14-17-18;1-5(2,3)4/h3-17H2,1-2H3;1H3,(H,2,3,4)/q+1;/p-1. The van der Waals surface area contributed by atoms with Crippen LogP contribution in [0.3, 0.4) is 0 Å². The van der Waals surface area contributed by atoms with Gasteiger partial charge in [-0.2, -0.15) is 0 Å². The van der Waals surface area contributed by atoms with Gasteiger partial charge in [-0.25, -0.2) is 8.42 Å². The smallest absolute Gasteiger partial charge is 0.0916 e. The molecule has 1 heterocycles. The van der Waals surface area contributed by atoms with Gasteiger partial charge in [0.2, 0.25) is 0 Å². The third-order valence-corrected chi connectivity index (χ3v) is 4.70. The Balaban J connectivity index is 0.000000841. The van der Waals surface area contributed by atoms with Crippen molar-refractivity contribution in [3.05, 3.63) is 0 Å². The lowest BCUT2D eigenvalue weighted by Gasteiger charge is -2.29. The number of quaternary nitrogens is 1. The van der Waals surface area contributed by atoms with E-state index in [1.54, 1.807) is 0 Å². The molecule has 1 aliphatic rings. The van der Waals surface area contributed by atoms with Crippen molar-refractivity contribution in [1.82, 2.24) is 0 Å². The number of hydrogen-bond donors (Lipinski definition) is 0. The first kappa shape index (κ1) is 22.9. The average Bonchev–Trinajstić information content (AvgIpc) is 2.86. The van der Waals surface area contributed by atoms with Crippen LogP contribution in [0.25, 0.3) is 0 Å². The Morgan fingerprint density at radius 3 is 1.57 bits per heavy atom. The lowest BCUT2D eigenvalue weighted by Crippen LogP contribution is -2.41. The Hall–Kier alpha value is -0.130. The third-order valence-electron chi connectivity index (χ3n) is 4.70. The first-order valence-electron chi connectivity index (χ1n) is 9.51. The van der Waals surface area contributed by atoms with Gasteiger partial charge in [0.1, 0.15) is 0 Å². The molecule has 0 aromatic carbocycles. The molecule has 1 aliphatic heterocycles. The fourth-order valence-corrected chi connectivity index (χ4v) is 3.30. The minimum Gasteiger partial charge on any atom is -0.748 e. The summed E-state index contributed by atoms with van der Waals surface area (Å²) in [5.74, 6) is 0. The average molecular weight is 350 g/mol. The van der Waals surface area contributed by atoms with Crippen LogP contribution in [-0.4, -0.2) is 50.4 Å². The molecule has 23 heavy (non-hydrogen) atoms. The second-order valence-corrected chi connectivity index (χ2v) is 8.79. The molecule has 0 unspecified atom stereocenters.